The molecule has 6 heteroatoms. The lowest BCUT2D eigenvalue weighted by Gasteiger charge is -2.51. The minimum atomic E-state index is -2.12. The van der Waals surface area contributed by atoms with Gasteiger partial charge in [-0.2, -0.15) is 0 Å². The van der Waals surface area contributed by atoms with Gasteiger partial charge in [0.05, 0.1) is 20.7 Å². The van der Waals surface area contributed by atoms with Crippen LogP contribution in [-0.2, 0) is 14.0 Å². The number of hydrogen-bond acceptors (Lipinski definition) is 3. The highest BCUT2D eigenvalue weighted by Gasteiger charge is 2.55. The molecular weight excluding hydrogens is 433 g/mol. The van der Waals surface area contributed by atoms with E-state index in [1.807, 2.05) is 0 Å². The molecule has 0 bridgehead atoms. The number of carbonyl (C=O) groups is 1. The third kappa shape index (κ3) is 13.4. The Morgan fingerprint density at radius 2 is 1.29 bits per heavy atom. The summed E-state index contributed by atoms with van der Waals surface area (Å²) in [5.74, 6) is 0.00986. The van der Waals surface area contributed by atoms with Crippen LogP contribution in [0.2, 0.25) is 57.0 Å². The molecule has 0 aliphatic carbocycles. The maximum Gasteiger partial charge on any atom is 0.306 e. The van der Waals surface area contributed by atoms with Gasteiger partial charge < -0.3 is 9.16 Å². The lowest BCUT2D eigenvalue weighted by Crippen LogP contribution is -2.64. The van der Waals surface area contributed by atoms with Crippen LogP contribution in [0.15, 0.2) is 0 Å². The van der Waals surface area contributed by atoms with Crippen molar-refractivity contribution in [1.82, 2.24) is 0 Å². The number of rotatable bonds is 15. The summed E-state index contributed by atoms with van der Waals surface area (Å²) in [7, 11) is -3.66. The molecule has 0 rings (SSSR count). The summed E-state index contributed by atoms with van der Waals surface area (Å²) >= 11 is 0. The van der Waals surface area contributed by atoms with Gasteiger partial charge >= 0.3 is 5.97 Å². The number of hydrogen-bond donors (Lipinski definition) is 0. The summed E-state index contributed by atoms with van der Waals surface area (Å²) < 4.78 is 12.2. The van der Waals surface area contributed by atoms with E-state index in [4.69, 9.17) is 9.16 Å². The van der Waals surface area contributed by atoms with Crippen LogP contribution in [0.3, 0.4) is 0 Å². The fraction of sp³-hybridized carbons (Fsp3) is 0.960. The van der Waals surface area contributed by atoms with E-state index < -0.39 is 24.5 Å². The van der Waals surface area contributed by atoms with Gasteiger partial charge in [-0.05, 0) is 39.9 Å². The maximum atomic E-state index is 13.0. The van der Waals surface area contributed by atoms with Crippen LogP contribution in [0, 0.1) is 0 Å². The van der Waals surface area contributed by atoms with Crippen molar-refractivity contribution in [1.29, 1.82) is 0 Å². The molecule has 3 nitrogen and oxygen atoms in total. The lowest BCUT2D eigenvalue weighted by atomic mass is 10.1. The first kappa shape index (κ1) is 35.7. The average Bonchev–Trinajstić information content (AvgIpc) is 2.52. The van der Waals surface area contributed by atoms with Crippen molar-refractivity contribution in [2.45, 2.75) is 149 Å². The Morgan fingerprint density at radius 1 is 0.839 bits per heavy atom. The summed E-state index contributed by atoms with van der Waals surface area (Å²) in [5.41, 5.74) is 1.23. The Morgan fingerprint density at radius 3 is 1.68 bits per heavy atom. The summed E-state index contributed by atoms with van der Waals surface area (Å²) in [6, 6.07) is 0. The fourth-order valence-corrected chi connectivity index (χ4v) is 22.1. The zero-order chi connectivity index (χ0) is 22.9. The van der Waals surface area contributed by atoms with E-state index in [1.165, 1.54) is 44.2 Å². The smallest absolute Gasteiger partial charge is 0.306 e. The highest BCUT2D eigenvalue weighted by molar-refractivity contribution is 6.98. The van der Waals surface area contributed by atoms with E-state index in [0.717, 1.165) is 12.8 Å². The molecule has 0 aromatic heterocycles. The lowest BCUT2D eigenvalue weighted by molar-refractivity contribution is -0.141. The van der Waals surface area contributed by atoms with Gasteiger partial charge in [0.15, 0.2) is 8.32 Å². The molecule has 0 saturated heterocycles. The Kier molecular flexibility index (Phi) is 17.3. The highest BCUT2D eigenvalue weighted by atomic mass is 28.4. The molecule has 0 N–H and O–H groups in total. The third-order valence-corrected chi connectivity index (χ3v) is 19.6. The van der Waals surface area contributed by atoms with Crippen LogP contribution >= 0.6 is 0 Å². The largest absolute Gasteiger partial charge is 0.469 e. The Balaban J connectivity index is -0.00000392. The first-order valence-electron chi connectivity index (χ1n) is 11.9. The molecule has 2 atom stereocenters. The van der Waals surface area contributed by atoms with Crippen LogP contribution in [0.25, 0.3) is 0 Å². The predicted molar refractivity (Wildman–Crippen MR) is 150 cm³/mol. The van der Waals surface area contributed by atoms with Crippen molar-refractivity contribution < 1.29 is 14.0 Å². The maximum absolute atomic E-state index is 13.0. The SMILES string of the molecule is C.C.CCCCCCCCCC(C(=O)OC)[Si](C)(C[Si](C)(C)C)C(C)(C)O[Si](C)(C)C. The van der Waals surface area contributed by atoms with Crippen molar-refractivity contribution in [3.8, 4) is 0 Å². The normalized spacial score (nSPS) is 15.3. The van der Waals surface area contributed by atoms with Crippen LogP contribution in [0.5, 0.6) is 0 Å². The topological polar surface area (TPSA) is 35.5 Å². The minimum absolute atomic E-state index is 0. The van der Waals surface area contributed by atoms with Gasteiger partial charge in [-0.3, -0.25) is 4.79 Å². The molecule has 0 aromatic carbocycles. The van der Waals surface area contributed by atoms with Crippen LogP contribution in [0.4, 0.5) is 0 Å². The summed E-state index contributed by atoms with van der Waals surface area (Å²) in [4.78, 5) is 13.0. The van der Waals surface area contributed by atoms with E-state index >= 15 is 0 Å². The van der Waals surface area contributed by atoms with Crippen molar-refractivity contribution in [2.24, 2.45) is 0 Å². The zero-order valence-electron chi connectivity index (χ0n) is 21.7. The molecule has 2 unspecified atom stereocenters. The van der Waals surface area contributed by atoms with E-state index in [1.54, 1.807) is 7.11 Å². The van der Waals surface area contributed by atoms with E-state index in [9.17, 15) is 4.79 Å². The number of carbonyl (C=O) groups excluding carboxylic acids is 1. The number of methoxy groups -OCH3 is 1. The summed E-state index contributed by atoms with van der Waals surface area (Å²) in [5, 5.41) is -0.224. The van der Waals surface area contributed by atoms with Gasteiger partial charge in [-0.15, -0.1) is 0 Å². The first-order valence-corrected chi connectivity index (χ1v) is 21.8. The second kappa shape index (κ2) is 15.1. The van der Waals surface area contributed by atoms with E-state index in [2.05, 4.69) is 66.6 Å². The average molecular weight is 493 g/mol. The van der Waals surface area contributed by atoms with Crippen LogP contribution in [-0.4, -0.2) is 42.8 Å². The molecular formula is C25H60O3Si3. The second-order valence-corrected chi connectivity index (χ2v) is 27.6. The van der Waals surface area contributed by atoms with E-state index in [-0.39, 0.29) is 31.6 Å². The standard InChI is InChI=1S/C23H52O3Si3.2CH4/c1-12-13-14-15-16-17-18-19-21(22(24)25-4)29(11,20-27(5,6)7)23(2,3)26-28(8,9)10;;/h21H,12-20H2,1-11H3;2*1H4. The Bertz CT molecular complexity index is 481. The summed E-state index contributed by atoms with van der Waals surface area (Å²) in [6.45, 7) is 23.4. The van der Waals surface area contributed by atoms with Crippen molar-refractivity contribution >= 4 is 30.4 Å². The molecule has 0 aromatic rings. The van der Waals surface area contributed by atoms with Gasteiger partial charge in [0.2, 0.25) is 0 Å². The number of ether oxygens (including phenoxy) is 1. The molecule has 0 fully saturated rings. The number of unbranched alkanes of at least 4 members (excludes halogenated alkanes) is 6. The highest BCUT2D eigenvalue weighted by Crippen LogP contribution is 2.44. The van der Waals surface area contributed by atoms with Crippen molar-refractivity contribution in [3.05, 3.63) is 0 Å². The van der Waals surface area contributed by atoms with Crippen LogP contribution in [0.1, 0.15) is 87.0 Å². The first-order chi connectivity index (χ1) is 13.1. The third-order valence-electron chi connectivity index (χ3n) is 6.19. The predicted octanol–water partition coefficient (Wildman–Crippen LogP) is 9.07. The van der Waals surface area contributed by atoms with Gasteiger partial charge in [-0.25, -0.2) is 0 Å². The van der Waals surface area contributed by atoms with Gasteiger partial charge in [-0.1, -0.05) is 98.6 Å². The molecule has 0 saturated carbocycles. The van der Waals surface area contributed by atoms with Gasteiger partial charge in [0.1, 0.15) is 0 Å². The van der Waals surface area contributed by atoms with Gasteiger partial charge in [0.25, 0.3) is 0 Å². The molecule has 31 heavy (non-hydrogen) atoms. The molecule has 0 aliphatic rings. The van der Waals surface area contributed by atoms with E-state index in [0.29, 0.717) is 0 Å². The second-order valence-electron chi connectivity index (χ2n) is 11.9. The molecule has 0 spiro atoms. The monoisotopic (exact) mass is 492 g/mol. The van der Waals surface area contributed by atoms with Crippen molar-refractivity contribution in [3.63, 3.8) is 0 Å². The summed E-state index contributed by atoms with van der Waals surface area (Å²) in [6.07, 6.45) is 9.90. The Labute approximate surface area is 200 Å². The molecule has 0 heterocycles. The Hall–Kier alpha value is 0.0806. The zero-order valence-corrected chi connectivity index (χ0v) is 24.7. The van der Waals surface area contributed by atoms with Crippen molar-refractivity contribution in [2.75, 3.05) is 7.11 Å². The number of esters is 1. The fourth-order valence-electron chi connectivity index (χ4n) is 4.88. The molecule has 190 valence electrons. The minimum Gasteiger partial charge on any atom is -0.469 e. The van der Waals surface area contributed by atoms with Gasteiger partial charge in [0, 0.05) is 13.3 Å². The molecule has 0 aliphatic heterocycles. The van der Waals surface area contributed by atoms with Crippen LogP contribution < -0.4 is 0 Å². The molecule has 0 amide bonds. The quantitative estimate of drug-likeness (QED) is 0.130. The molecule has 0 radical (unpaired) electrons.